The Bertz CT molecular complexity index is 219. The topological polar surface area (TPSA) is 50.1 Å². The molecule has 1 fully saturated rings. The first-order chi connectivity index (χ1) is 6.29. The van der Waals surface area contributed by atoms with E-state index in [1.807, 2.05) is 6.07 Å². The summed E-state index contributed by atoms with van der Waals surface area (Å²) < 4.78 is 4.84. The molecule has 1 aliphatic rings. The van der Waals surface area contributed by atoms with Crippen molar-refractivity contribution in [3.05, 3.63) is 0 Å². The maximum absolute atomic E-state index is 11.0. The van der Waals surface area contributed by atoms with Gasteiger partial charge >= 0.3 is 5.97 Å². The molecular weight excluding hydrogens is 166 g/mol. The van der Waals surface area contributed by atoms with Crippen molar-refractivity contribution in [2.75, 3.05) is 6.61 Å². The summed E-state index contributed by atoms with van der Waals surface area (Å²) in [5.41, 5.74) is 0. The smallest absolute Gasteiger partial charge is 0.323 e. The van der Waals surface area contributed by atoms with Crippen LogP contribution in [0.15, 0.2) is 0 Å². The van der Waals surface area contributed by atoms with Gasteiger partial charge in [-0.25, -0.2) is 0 Å². The summed E-state index contributed by atoms with van der Waals surface area (Å²) in [6, 6.07) is 2.02. The first kappa shape index (κ1) is 10.0. The number of ether oxygens (including phenoxy) is 1. The van der Waals surface area contributed by atoms with E-state index in [4.69, 9.17) is 10.00 Å². The summed E-state index contributed by atoms with van der Waals surface area (Å²) in [5, 5.41) is 8.71. The molecule has 1 aliphatic heterocycles. The number of hydrogen-bond donors (Lipinski definition) is 0. The SMILES string of the molecule is CCCCCC1COC(=O)C1C#N. The third-order valence-corrected chi connectivity index (χ3v) is 2.48. The number of cyclic esters (lactones) is 1. The average Bonchev–Trinajstić information content (AvgIpc) is 2.47. The zero-order valence-corrected chi connectivity index (χ0v) is 7.95. The highest BCUT2D eigenvalue weighted by Gasteiger charge is 2.36. The van der Waals surface area contributed by atoms with E-state index in [2.05, 4.69) is 6.92 Å². The fraction of sp³-hybridized carbons (Fsp3) is 0.800. The monoisotopic (exact) mass is 181 g/mol. The van der Waals surface area contributed by atoms with Crippen LogP contribution in [0.25, 0.3) is 0 Å². The summed E-state index contributed by atoms with van der Waals surface area (Å²) >= 11 is 0. The minimum atomic E-state index is -0.503. The predicted octanol–water partition coefficient (Wildman–Crippen LogP) is 1.88. The van der Waals surface area contributed by atoms with Gasteiger partial charge in [0.2, 0.25) is 0 Å². The minimum Gasteiger partial charge on any atom is -0.464 e. The third kappa shape index (κ3) is 2.45. The molecule has 0 aromatic carbocycles. The molecular formula is C10H15NO2. The van der Waals surface area contributed by atoms with Crippen molar-refractivity contribution in [2.45, 2.75) is 32.6 Å². The Labute approximate surface area is 78.7 Å². The summed E-state index contributed by atoms with van der Waals surface area (Å²) in [6.07, 6.45) is 4.37. The normalized spacial score (nSPS) is 26.9. The maximum Gasteiger partial charge on any atom is 0.323 e. The molecule has 0 N–H and O–H groups in total. The fourth-order valence-electron chi connectivity index (χ4n) is 1.63. The molecule has 13 heavy (non-hydrogen) atoms. The Morgan fingerprint density at radius 2 is 2.38 bits per heavy atom. The number of carbonyl (C=O) groups is 1. The second kappa shape index (κ2) is 4.86. The molecule has 0 radical (unpaired) electrons. The lowest BCUT2D eigenvalue weighted by molar-refractivity contribution is -0.139. The van der Waals surface area contributed by atoms with Crippen LogP contribution in [0.5, 0.6) is 0 Å². The lowest BCUT2D eigenvalue weighted by Gasteiger charge is -2.07. The zero-order valence-electron chi connectivity index (χ0n) is 7.95. The molecule has 0 saturated carbocycles. The van der Waals surface area contributed by atoms with Gasteiger partial charge in [-0.2, -0.15) is 5.26 Å². The number of nitriles is 1. The highest BCUT2D eigenvalue weighted by molar-refractivity contribution is 5.77. The van der Waals surface area contributed by atoms with Crippen molar-refractivity contribution < 1.29 is 9.53 Å². The summed E-state index contributed by atoms with van der Waals surface area (Å²) in [4.78, 5) is 11.0. The fourth-order valence-corrected chi connectivity index (χ4v) is 1.63. The van der Waals surface area contributed by atoms with Gasteiger partial charge < -0.3 is 4.74 Å². The molecule has 0 amide bonds. The third-order valence-electron chi connectivity index (χ3n) is 2.48. The van der Waals surface area contributed by atoms with E-state index in [0.717, 1.165) is 12.8 Å². The quantitative estimate of drug-likeness (QED) is 0.491. The Morgan fingerprint density at radius 1 is 1.62 bits per heavy atom. The highest BCUT2D eigenvalue weighted by Crippen LogP contribution is 2.26. The van der Waals surface area contributed by atoms with Crippen molar-refractivity contribution in [2.24, 2.45) is 11.8 Å². The number of esters is 1. The first-order valence-corrected chi connectivity index (χ1v) is 4.85. The van der Waals surface area contributed by atoms with Gasteiger partial charge in [0.05, 0.1) is 12.7 Å². The van der Waals surface area contributed by atoms with Crippen LogP contribution < -0.4 is 0 Å². The number of hydrogen-bond acceptors (Lipinski definition) is 3. The number of carbonyl (C=O) groups excluding carboxylic acids is 1. The Hall–Kier alpha value is -1.04. The number of unbranched alkanes of at least 4 members (excludes halogenated alkanes) is 2. The van der Waals surface area contributed by atoms with Gasteiger partial charge in [-0.15, -0.1) is 0 Å². The Kier molecular flexibility index (Phi) is 3.75. The van der Waals surface area contributed by atoms with Crippen LogP contribution in [0.2, 0.25) is 0 Å². The van der Waals surface area contributed by atoms with E-state index in [9.17, 15) is 4.79 Å². The molecule has 0 aromatic rings. The van der Waals surface area contributed by atoms with Gasteiger partial charge in [-0.05, 0) is 6.42 Å². The molecule has 3 heteroatoms. The lowest BCUT2D eigenvalue weighted by Crippen LogP contribution is -2.13. The van der Waals surface area contributed by atoms with Crippen LogP contribution in [-0.4, -0.2) is 12.6 Å². The van der Waals surface area contributed by atoms with Crippen LogP contribution in [0.4, 0.5) is 0 Å². The molecule has 0 aromatic heterocycles. The van der Waals surface area contributed by atoms with Gasteiger partial charge in [-0.3, -0.25) is 4.79 Å². The van der Waals surface area contributed by atoms with Gasteiger partial charge in [0.15, 0.2) is 0 Å². The van der Waals surface area contributed by atoms with Crippen LogP contribution >= 0.6 is 0 Å². The Morgan fingerprint density at radius 3 is 3.00 bits per heavy atom. The van der Waals surface area contributed by atoms with Gasteiger partial charge in [0.1, 0.15) is 5.92 Å². The van der Waals surface area contributed by atoms with Crippen LogP contribution in [0.1, 0.15) is 32.6 Å². The van der Waals surface area contributed by atoms with E-state index in [-0.39, 0.29) is 11.9 Å². The van der Waals surface area contributed by atoms with Crippen LogP contribution in [-0.2, 0) is 9.53 Å². The predicted molar refractivity (Wildman–Crippen MR) is 47.7 cm³/mol. The van der Waals surface area contributed by atoms with Crippen molar-refractivity contribution in [1.82, 2.24) is 0 Å². The van der Waals surface area contributed by atoms with Gasteiger partial charge in [0.25, 0.3) is 0 Å². The van der Waals surface area contributed by atoms with Crippen LogP contribution in [0.3, 0.4) is 0 Å². The van der Waals surface area contributed by atoms with Crippen molar-refractivity contribution in [3.8, 4) is 6.07 Å². The standard InChI is InChI=1S/C10H15NO2/c1-2-3-4-5-8-7-13-10(12)9(8)6-11/h8-9H,2-5,7H2,1H3. The molecule has 1 heterocycles. The number of rotatable bonds is 4. The summed E-state index contributed by atoms with van der Waals surface area (Å²) in [6.45, 7) is 2.58. The molecule has 3 nitrogen and oxygen atoms in total. The molecule has 1 rings (SSSR count). The van der Waals surface area contributed by atoms with E-state index in [1.165, 1.54) is 12.8 Å². The molecule has 2 unspecified atom stereocenters. The lowest BCUT2D eigenvalue weighted by atomic mass is 9.91. The van der Waals surface area contributed by atoms with Crippen molar-refractivity contribution in [3.63, 3.8) is 0 Å². The average molecular weight is 181 g/mol. The van der Waals surface area contributed by atoms with E-state index >= 15 is 0 Å². The zero-order chi connectivity index (χ0) is 9.68. The minimum absolute atomic E-state index is 0.143. The van der Waals surface area contributed by atoms with Crippen LogP contribution in [0, 0.1) is 23.2 Å². The van der Waals surface area contributed by atoms with Gasteiger partial charge in [-0.1, -0.05) is 26.2 Å². The molecule has 2 atom stereocenters. The highest BCUT2D eigenvalue weighted by atomic mass is 16.5. The summed E-state index contributed by atoms with van der Waals surface area (Å²) in [7, 11) is 0. The summed E-state index contributed by atoms with van der Waals surface area (Å²) in [5.74, 6) is -0.690. The Balaban J connectivity index is 2.34. The van der Waals surface area contributed by atoms with E-state index < -0.39 is 5.92 Å². The molecule has 1 saturated heterocycles. The largest absolute Gasteiger partial charge is 0.464 e. The second-order valence-electron chi connectivity index (χ2n) is 3.49. The first-order valence-electron chi connectivity index (χ1n) is 4.85. The van der Waals surface area contributed by atoms with E-state index in [1.54, 1.807) is 0 Å². The maximum atomic E-state index is 11.0. The second-order valence-corrected chi connectivity index (χ2v) is 3.49. The van der Waals surface area contributed by atoms with Crippen molar-refractivity contribution >= 4 is 5.97 Å². The molecule has 0 bridgehead atoms. The molecule has 72 valence electrons. The van der Waals surface area contributed by atoms with E-state index in [0.29, 0.717) is 6.61 Å². The molecule has 0 spiro atoms. The number of nitrogens with zero attached hydrogens (tertiary/aromatic N) is 1. The van der Waals surface area contributed by atoms with Crippen molar-refractivity contribution in [1.29, 1.82) is 5.26 Å². The van der Waals surface area contributed by atoms with Gasteiger partial charge in [0, 0.05) is 5.92 Å². The molecule has 0 aliphatic carbocycles.